The van der Waals surface area contributed by atoms with Gasteiger partial charge >= 0.3 is 0 Å². The minimum absolute atomic E-state index is 0.189. The van der Waals surface area contributed by atoms with Crippen LogP contribution >= 0.6 is 0 Å². The Balaban J connectivity index is 1.85. The molecule has 0 aliphatic carbocycles. The van der Waals surface area contributed by atoms with Gasteiger partial charge in [-0.2, -0.15) is 0 Å². The highest BCUT2D eigenvalue weighted by molar-refractivity contribution is 7.88. The quantitative estimate of drug-likeness (QED) is 0.792. The van der Waals surface area contributed by atoms with E-state index in [2.05, 4.69) is 4.72 Å². The van der Waals surface area contributed by atoms with Crippen molar-refractivity contribution >= 4 is 10.0 Å². The van der Waals surface area contributed by atoms with Crippen molar-refractivity contribution < 1.29 is 22.3 Å². The highest BCUT2D eigenvalue weighted by atomic mass is 32.2. The van der Waals surface area contributed by atoms with Gasteiger partial charge in [-0.3, -0.25) is 0 Å². The van der Waals surface area contributed by atoms with Gasteiger partial charge in [-0.05, 0) is 48.9 Å². The van der Waals surface area contributed by atoms with Crippen LogP contribution in [0.4, 0.5) is 4.39 Å². The molecule has 1 atom stereocenters. The molecular weight excluding hydrogens is 333 g/mol. The van der Waals surface area contributed by atoms with E-state index in [9.17, 15) is 12.8 Å². The number of methoxy groups -OCH3 is 1. The predicted octanol–water partition coefficient (Wildman–Crippen LogP) is 2.72. The fraction of sp³-hybridized carbons (Fsp3) is 0.294. The lowest BCUT2D eigenvalue weighted by Gasteiger charge is -2.15. The first-order valence-corrected chi connectivity index (χ1v) is 9.04. The first-order valence-electron chi connectivity index (χ1n) is 7.39. The monoisotopic (exact) mass is 353 g/mol. The van der Waals surface area contributed by atoms with Crippen LogP contribution in [0.5, 0.6) is 11.5 Å². The molecule has 5 nitrogen and oxygen atoms in total. The van der Waals surface area contributed by atoms with Crippen LogP contribution < -0.4 is 14.2 Å². The number of benzene rings is 2. The SMILES string of the molecule is COc1ccc(OCC(C)NS(=O)(=O)Cc2ccc(F)cc2)cc1. The lowest BCUT2D eigenvalue weighted by atomic mass is 10.2. The van der Waals surface area contributed by atoms with E-state index in [1.807, 2.05) is 0 Å². The van der Waals surface area contributed by atoms with Gasteiger partial charge in [0.2, 0.25) is 10.0 Å². The van der Waals surface area contributed by atoms with E-state index in [1.165, 1.54) is 24.3 Å². The number of ether oxygens (including phenoxy) is 2. The zero-order valence-electron chi connectivity index (χ0n) is 13.5. The Morgan fingerprint density at radius 3 is 2.21 bits per heavy atom. The van der Waals surface area contributed by atoms with Crippen LogP contribution in [0, 0.1) is 5.82 Å². The molecule has 0 bridgehead atoms. The van der Waals surface area contributed by atoms with E-state index >= 15 is 0 Å². The molecule has 130 valence electrons. The molecule has 1 N–H and O–H groups in total. The molecule has 7 heteroatoms. The molecule has 0 heterocycles. The third kappa shape index (κ3) is 5.82. The Kier molecular flexibility index (Phi) is 6.16. The van der Waals surface area contributed by atoms with Crippen molar-refractivity contribution in [3.05, 3.63) is 59.9 Å². The van der Waals surface area contributed by atoms with E-state index in [4.69, 9.17) is 9.47 Å². The molecule has 0 saturated carbocycles. The minimum atomic E-state index is -3.53. The van der Waals surface area contributed by atoms with Crippen molar-refractivity contribution in [1.82, 2.24) is 4.72 Å². The van der Waals surface area contributed by atoms with Crippen molar-refractivity contribution in [2.45, 2.75) is 18.7 Å². The Morgan fingerprint density at radius 2 is 1.62 bits per heavy atom. The van der Waals surface area contributed by atoms with Gasteiger partial charge in [0.05, 0.1) is 18.9 Å². The van der Waals surface area contributed by atoms with Crippen molar-refractivity contribution in [3.8, 4) is 11.5 Å². The van der Waals surface area contributed by atoms with E-state index in [-0.39, 0.29) is 12.4 Å². The standard InChI is InChI=1S/C17H20FNO4S/c1-13(11-23-17-9-7-16(22-2)8-10-17)19-24(20,21)12-14-3-5-15(18)6-4-14/h3-10,13,19H,11-12H2,1-2H3. The third-order valence-electron chi connectivity index (χ3n) is 3.21. The average Bonchev–Trinajstić information content (AvgIpc) is 2.55. The molecule has 0 aromatic heterocycles. The molecule has 0 aliphatic heterocycles. The van der Waals surface area contributed by atoms with Gasteiger partial charge in [0.25, 0.3) is 0 Å². The smallest absolute Gasteiger partial charge is 0.216 e. The van der Waals surface area contributed by atoms with Gasteiger partial charge in [-0.15, -0.1) is 0 Å². The zero-order chi connectivity index (χ0) is 17.6. The molecule has 0 spiro atoms. The molecule has 0 amide bonds. The second-order valence-electron chi connectivity index (χ2n) is 5.39. The summed E-state index contributed by atoms with van der Waals surface area (Å²) in [5.41, 5.74) is 0.521. The zero-order valence-corrected chi connectivity index (χ0v) is 14.3. The number of halogens is 1. The normalized spacial score (nSPS) is 12.6. The molecule has 1 unspecified atom stereocenters. The summed E-state index contributed by atoms with van der Waals surface area (Å²) in [5, 5.41) is 0. The fourth-order valence-corrected chi connectivity index (χ4v) is 3.47. The van der Waals surface area contributed by atoms with Crippen molar-refractivity contribution in [2.75, 3.05) is 13.7 Å². The Labute approximate surface area is 141 Å². The number of hydrogen-bond acceptors (Lipinski definition) is 4. The van der Waals surface area contributed by atoms with Crippen molar-refractivity contribution in [1.29, 1.82) is 0 Å². The van der Waals surface area contributed by atoms with Gasteiger partial charge in [0.15, 0.2) is 0 Å². The van der Waals surface area contributed by atoms with E-state index in [1.54, 1.807) is 38.3 Å². The van der Waals surface area contributed by atoms with Crippen LogP contribution in [0.25, 0.3) is 0 Å². The Morgan fingerprint density at radius 1 is 1.04 bits per heavy atom. The number of sulfonamides is 1. The molecule has 24 heavy (non-hydrogen) atoms. The van der Waals surface area contributed by atoms with Crippen molar-refractivity contribution in [3.63, 3.8) is 0 Å². The largest absolute Gasteiger partial charge is 0.497 e. The molecule has 0 aliphatic rings. The summed E-state index contributed by atoms with van der Waals surface area (Å²) in [5.74, 6) is 0.737. The lowest BCUT2D eigenvalue weighted by molar-refractivity contribution is 0.287. The number of nitrogens with one attached hydrogen (secondary N) is 1. The summed E-state index contributed by atoms with van der Waals surface area (Å²) in [6, 6.07) is 12.0. The van der Waals surface area contributed by atoms with Crippen LogP contribution in [-0.2, 0) is 15.8 Å². The maximum atomic E-state index is 12.8. The van der Waals surface area contributed by atoms with Crippen LogP contribution in [0.1, 0.15) is 12.5 Å². The molecule has 2 aromatic carbocycles. The van der Waals surface area contributed by atoms with Crippen molar-refractivity contribution in [2.24, 2.45) is 0 Å². The topological polar surface area (TPSA) is 64.6 Å². The summed E-state index contributed by atoms with van der Waals surface area (Å²) in [7, 11) is -1.96. The summed E-state index contributed by atoms with van der Waals surface area (Å²) in [6.07, 6.45) is 0. The fourth-order valence-electron chi connectivity index (χ4n) is 2.08. The second-order valence-corrected chi connectivity index (χ2v) is 7.14. The number of rotatable bonds is 8. The van der Waals surface area contributed by atoms with Crippen LogP contribution in [0.2, 0.25) is 0 Å². The summed E-state index contributed by atoms with van der Waals surface area (Å²) in [6.45, 7) is 1.90. The molecule has 2 rings (SSSR count). The molecular formula is C17H20FNO4S. The third-order valence-corrected chi connectivity index (χ3v) is 4.68. The molecule has 0 radical (unpaired) electrons. The van der Waals surface area contributed by atoms with Gasteiger partial charge in [0.1, 0.15) is 23.9 Å². The molecule has 0 fully saturated rings. The molecule has 2 aromatic rings. The first-order chi connectivity index (χ1) is 11.4. The Bertz CT molecular complexity index is 745. The highest BCUT2D eigenvalue weighted by Gasteiger charge is 2.16. The maximum Gasteiger partial charge on any atom is 0.216 e. The van der Waals surface area contributed by atoms with Gasteiger partial charge < -0.3 is 9.47 Å². The first kappa shape index (κ1) is 18.2. The van der Waals surface area contributed by atoms with E-state index < -0.39 is 21.9 Å². The van der Waals surface area contributed by atoms with Crippen LogP contribution in [-0.4, -0.2) is 28.2 Å². The summed E-state index contributed by atoms with van der Waals surface area (Å²) < 4.78 is 50.2. The van der Waals surface area contributed by atoms with Gasteiger partial charge in [-0.25, -0.2) is 17.5 Å². The van der Waals surface area contributed by atoms with Crippen LogP contribution in [0.3, 0.4) is 0 Å². The summed E-state index contributed by atoms with van der Waals surface area (Å²) >= 11 is 0. The van der Waals surface area contributed by atoms with Crippen LogP contribution in [0.15, 0.2) is 48.5 Å². The lowest BCUT2D eigenvalue weighted by Crippen LogP contribution is -2.37. The minimum Gasteiger partial charge on any atom is -0.497 e. The van der Waals surface area contributed by atoms with E-state index in [0.29, 0.717) is 11.3 Å². The predicted molar refractivity (Wildman–Crippen MR) is 90.1 cm³/mol. The maximum absolute atomic E-state index is 12.8. The van der Waals surface area contributed by atoms with Gasteiger partial charge in [-0.1, -0.05) is 12.1 Å². The Hall–Kier alpha value is -2.12. The number of hydrogen-bond donors (Lipinski definition) is 1. The van der Waals surface area contributed by atoms with E-state index in [0.717, 1.165) is 5.75 Å². The second kappa shape index (κ2) is 8.12. The average molecular weight is 353 g/mol. The summed E-state index contributed by atoms with van der Waals surface area (Å²) in [4.78, 5) is 0. The highest BCUT2D eigenvalue weighted by Crippen LogP contribution is 2.17. The van der Waals surface area contributed by atoms with Gasteiger partial charge in [0, 0.05) is 0 Å². The molecule has 0 saturated heterocycles.